The molecule has 0 aromatic carbocycles. The van der Waals surface area contributed by atoms with E-state index < -0.39 is 5.41 Å². The summed E-state index contributed by atoms with van der Waals surface area (Å²) in [6, 6.07) is 5.66. The Morgan fingerprint density at radius 3 is 2.48 bits per heavy atom. The summed E-state index contributed by atoms with van der Waals surface area (Å²) >= 11 is 0. The third-order valence-electron chi connectivity index (χ3n) is 4.95. The summed E-state index contributed by atoms with van der Waals surface area (Å²) in [5, 5.41) is 13.0. The van der Waals surface area contributed by atoms with Gasteiger partial charge in [-0.1, -0.05) is 20.8 Å². The molecule has 0 bridgehead atoms. The first-order valence-corrected chi connectivity index (χ1v) is 9.46. The van der Waals surface area contributed by atoms with E-state index in [1.165, 1.54) is 0 Å². The third kappa shape index (κ3) is 4.78. The largest absolute Gasteiger partial charge is 0.460 e. The molecule has 0 saturated heterocycles. The van der Waals surface area contributed by atoms with Crippen LogP contribution in [-0.4, -0.2) is 28.1 Å². The van der Waals surface area contributed by atoms with Crippen LogP contribution in [0.5, 0.6) is 0 Å². The van der Waals surface area contributed by atoms with Crippen LogP contribution in [0.1, 0.15) is 52.2 Å². The van der Waals surface area contributed by atoms with Crippen molar-refractivity contribution in [3.63, 3.8) is 0 Å². The lowest BCUT2D eigenvalue weighted by Gasteiger charge is -2.30. The molecular formula is C20H28N4O3. The molecule has 3 rings (SSSR count). The monoisotopic (exact) mass is 372 g/mol. The highest BCUT2D eigenvalue weighted by atomic mass is 16.3. The molecule has 7 heteroatoms. The van der Waals surface area contributed by atoms with Gasteiger partial charge in [0.1, 0.15) is 11.5 Å². The average Bonchev–Trinajstić information content (AvgIpc) is 3.23. The van der Waals surface area contributed by atoms with Crippen molar-refractivity contribution in [3.05, 3.63) is 24.0 Å². The number of anilines is 1. The topological polar surface area (TPSA) is 100 Å². The van der Waals surface area contributed by atoms with Gasteiger partial charge < -0.3 is 15.1 Å². The van der Waals surface area contributed by atoms with Gasteiger partial charge in [0.05, 0.1) is 0 Å². The number of amides is 2. The lowest BCUT2D eigenvalue weighted by molar-refractivity contribution is -0.129. The van der Waals surface area contributed by atoms with E-state index in [9.17, 15) is 9.59 Å². The molecule has 2 amide bonds. The fraction of sp³-hybridized carbons (Fsp3) is 0.550. The summed E-state index contributed by atoms with van der Waals surface area (Å²) in [5.41, 5.74) is 0.338. The normalized spacial score (nSPS) is 20.3. The summed E-state index contributed by atoms with van der Waals surface area (Å²) in [6.45, 7) is 7.60. The number of H-pyrrole nitrogens is 1. The molecule has 2 aromatic rings. The lowest BCUT2D eigenvalue weighted by atomic mass is 9.84. The van der Waals surface area contributed by atoms with Crippen LogP contribution < -0.4 is 10.6 Å². The number of furan rings is 1. The summed E-state index contributed by atoms with van der Waals surface area (Å²) in [6.07, 6.45) is 3.15. The van der Waals surface area contributed by atoms with Crippen molar-refractivity contribution in [1.82, 2.24) is 15.5 Å². The van der Waals surface area contributed by atoms with Crippen LogP contribution in [0.3, 0.4) is 0 Å². The molecule has 2 heterocycles. The first-order chi connectivity index (χ1) is 12.7. The quantitative estimate of drug-likeness (QED) is 0.763. The molecule has 2 aromatic heterocycles. The zero-order chi connectivity index (χ0) is 19.6. The summed E-state index contributed by atoms with van der Waals surface area (Å²) in [7, 11) is 0. The molecule has 27 heavy (non-hydrogen) atoms. The Labute approximate surface area is 159 Å². The van der Waals surface area contributed by atoms with Crippen molar-refractivity contribution >= 4 is 17.6 Å². The van der Waals surface area contributed by atoms with Crippen molar-refractivity contribution in [2.45, 2.75) is 59.4 Å². The Hall–Kier alpha value is -2.57. The van der Waals surface area contributed by atoms with Crippen LogP contribution in [0.25, 0.3) is 11.5 Å². The molecule has 1 aliphatic rings. The number of nitrogens with zero attached hydrogens (tertiary/aromatic N) is 1. The standard InChI is InChI=1S/C20H28N4O3/c1-12-5-10-16(27-12)15-11-17(24-23-15)22-18(25)13-6-8-14(9-7-13)21-19(26)20(2,3)4/h5,10-11,13-14H,6-9H2,1-4H3,(H,21,26)(H2,22,23,24,25). The van der Waals surface area contributed by atoms with E-state index >= 15 is 0 Å². The Kier molecular flexibility index (Phi) is 5.39. The number of aromatic nitrogens is 2. The second-order valence-electron chi connectivity index (χ2n) is 8.34. The Bertz CT molecular complexity index is 807. The first kappa shape index (κ1) is 19.2. The third-order valence-corrected chi connectivity index (χ3v) is 4.95. The number of rotatable bonds is 4. The maximum absolute atomic E-state index is 12.5. The van der Waals surface area contributed by atoms with E-state index in [1.807, 2.05) is 39.8 Å². The smallest absolute Gasteiger partial charge is 0.228 e. The van der Waals surface area contributed by atoms with Gasteiger partial charge in [0.2, 0.25) is 11.8 Å². The number of carbonyl (C=O) groups is 2. The van der Waals surface area contributed by atoms with Crippen molar-refractivity contribution in [2.75, 3.05) is 5.32 Å². The maximum Gasteiger partial charge on any atom is 0.228 e. The fourth-order valence-corrected chi connectivity index (χ4v) is 3.22. The van der Waals surface area contributed by atoms with Gasteiger partial charge in [0.15, 0.2) is 11.6 Å². The number of nitrogens with one attached hydrogen (secondary N) is 3. The van der Waals surface area contributed by atoms with Crippen LogP contribution in [0.2, 0.25) is 0 Å². The predicted octanol–water partition coefficient (Wildman–Crippen LogP) is 3.64. The van der Waals surface area contributed by atoms with Gasteiger partial charge in [0, 0.05) is 23.4 Å². The summed E-state index contributed by atoms with van der Waals surface area (Å²) in [5.74, 6) is 1.99. The van der Waals surface area contributed by atoms with E-state index in [0.29, 0.717) is 11.6 Å². The number of hydrogen-bond donors (Lipinski definition) is 3. The van der Waals surface area contributed by atoms with Gasteiger partial charge in [-0.2, -0.15) is 5.10 Å². The van der Waals surface area contributed by atoms with Crippen LogP contribution in [-0.2, 0) is 9.59 Å². The molecule has 0 radical (unpaired) electrons. The van der Waals surface area contributed by atoms with Crippen molar-refractivity contribution < 1.29 is 14.0 Å². The molecule has 0 atom stereocenters. The van der Waals surface area contributed by atoms with Gasteiger partial charge >= 0.3 is 0 Å². The zero-order valence-electron chi connectivity index (χ0n) is 16.4. The minimum absolute atomic E-state index is 0.0238. The molecule has 0 unspecified atom stereocenters. The molecular weight excluding hydrogens is 344 g/mol. The van der Waals surface area contributed by atoms with Gasteiger partial charge in [-0.3, -0.25) is 14.7 Å². The molecule has 0 spiro atoms. The van der Waals surface area contributed by atoms with Gasteiger partial charge in [-0.15, -0.1) is 0 Å². The SMILES string of the molecule is Cc1ccc(-c2cc(NC(=O)C3CCC(NC(=O)C(C)(C)C)CC3)n[nH]2)o1. The molecule has 3 N–H and O–H groups in total. The highest BCUT2D eigenvalue weighted by Crippen LogP contribution is 2.27. The van der Waals surface area contributed by atoms with Crippen LogP contribution >= 0.6 is 0 Å². The van der Waals surface area contributed by atoms with E-state index in [1.54, 1.807) is 6.07 Å². The maximum atomic E-state index is 12.5. The molecule has 1 saturated carbocycles. The Balaban J connectivity index is 1.50. The highest BCUT2D eigenvalue weighted by Gasteiger charge is 2.30. The molecule has 146 valence electrons. The zero-order valence-corrected chi connectivity index (χ0v) is 16.4. The van der Waals surface area contributed by atoms with E-state index in [4.69, 9.17) is 4.42 Å². The number of aryl methyl sites for hydroxylation is 1. The van der Waals surface area contributed by atoms with Gasteiger partial charge in [-0.05, 0) is 44.7 Å². The second kappa shape index (κ2) is 7.58. The fourth-order valence-electron chi connectivity index (χ4n) is 3.22. The molecule has 1 aliphatic carbocycles. The number of carbonyl (C=O) groups excluding carboxylic acids is 2. The lowest BCUT2D eigenvalue weighted by Crippen LogP contribution is -2.44. The molecule has 7 nitrogen and oxygen atoms in total. The Morgan fingerprint density at radius 2 is 1.89 bits per heavy atom. The summed E-state index contributed by atoms with van der Waals surface area (Å²) in [4.78, 5) is 24.6. The van der Waals surface area contributed by atoms with E-state index in [0.717, 1.165) is 37.1 Å². The summed E-state index contributed by atoms with van der Waals surface area (Å²) < 4.78 is 5.55. The van der Waals surface area contributed by atoms with Crippen molar-refractivity contribution in [3.8, 4) is 11.5 Å². The van der Waals surface area contributed by atoms with Crippen molar-refractivity contribution in [1.29, 1.82) is 0 Å². The molecule has 1 fully saturated rings. The minimum atomic E-state index is -0.390. The van der Waals surface area contributed by atoms with E-state index in [-0.39, 0.29) is 23.8 Å². The van der Waals surface area contributed by atoms with Gasteiger partial charge in [0.25, 0.3) is 0 Å². The highest BCUT2D eigenvalue weighted by molar-refractivity contribution is 5.92. The predicted molar refractivity (Wildman–Crippen MR) is 103 cm³/mol. The number of aromatic amines is 1. The van der Waals surface area contributed by atoms with Crippen LogP contribution in [0.4, 0.5) is 5.82 Å². The van der Waals surface area contributed by atoms with Crippen LogP contribution in [0.15, 0.2) is 22.6 Å². The second-order valence-corrected chi connectivity index (χ2v) is 8.34. The van der Waals surface area contributed by atoms with E-state index in [2.05, 4.69) is 20.8 Å². The van der Waals surface area contributed by atoms with Crippen LogP contribution in [0, 0.1) is 18.3 Å². The van der Waals surface area contributed by atoms with Gasteiger partial charge in [-0.25, -0.2) is 0 Å². The van der Waals surface area contributed by atoms with Crippen molar-refractivity contribution in [2.24, 2.45) is 11.3 Å². The Morgan fingerprint density at radius 1 is 1.19 bits per heavy atom. The first-order valence-electron chi connectivity index (χ1n) is 9.46. The number of hydrogen-bond acceptors (Lipinski definition) is 4. The molecule has 0 aliphatic heterocycles. The average molecular weight is 372 g/mol. The minimum Gasteiger partial charge on any atom is -0.460 e.